The summed E-state index contributed by atoms with van der Waals surface area (Å²) in [6.45, 7) is 6.94. The van der Waals surface area contributed by atoms with Gasteiger partial charge in [-0.15, -0.1) is 0 Å². The van der Waals surface area contributed by atoms with Crippen molar-refractivity contribution in [2.75, 3.05) is 19.1 Å². The zero-order chi connectivity index (χ0) is 24.1. The first-order chi connectivity index (χ1) is 16.3. The van der Waals surface area contributed by atoms with Gasteiger partial charge in [0, 0.05) is 35.9 Å². The van der Waals surface area contributed by atoms with Gasteiger partial charge in [0.25, 0.3) is 0 Å². The van der Waals surface area contributed by atoms with Crippen LogP contribution in [0.25, 0.3) is 11.3 Å². The quantitative estimate of drug-likeness (QED) is 0.619. The van der Waals surface area contributed by atoms with Crippen LogP contribution in [0.5, 0.6) is 11.5 Å². The summed E-state index contributed by atoms with van der Waals surface area (Å²) in [5, 5.41) is 0. The molecule has 2 aliphatic rings. The second-order valence-corrected chi connectivity index (χ2v) is 9.55. The maximum Gasteiger partial charge on any atom is 0.350 e. The molecule has 34 heavy (non-hydrogen) atoms. The summed E-state index contributed by atoms with van der Waals surface area (Å²) in [4.78, 5) is 20.1. The van der Waals surface area contributed by atoms with E-state index in [1.54, 1.807) is 18.8 Å². The Balaban J connectivity index is 1.70. The van der Waals surface area contributed by atoms with Gasteiger partial charge in [-0.3, -0.25) is 4.57 Å². The highest BCUT2D eigenvalue weighted by molar-refractivity contribution is 5.75. The normalized spacial score (nSPS) is 18.5. The number of aromatic nitrogens is 2. The van der Waals surface area contributed by atoms with E-state index in [9.17, 15) is 4.79 Å². The molecule has 0 atom stereocenters. The average Bonchev–Trinajstić information content (AvgIpc) is 2.78. The topological polar surface area (TPSA) is 82.6 Å². The van der Waals surface area contributed by atoms with Crippen LogP contribution in [-0.4, -0.2) is 35.9 Å². The van der Waals surface area contributed by atoms with Gasteiger partial charge in [0.1, 0.15) is 5.82 Å². The van der Waals surface area contributed by atoms with E-state index in [0.29, 0.717) is 23.9 Å². The molecule has 0 spiro atoms. The monoisotopic (exact) mass is 460 g/mol. The predicted octanol–water partition coefficient (Wildman–Crippen LogP) is 4.04. The average molecular weight is 461 g/mol. The van der Waals surface area contributed by atoms with E-state index >= 15 is 0 Å². The number of nitrogens with zero attached hydrogens (tertiary/aromatic N) is 3. The second-order valence-electron chi connectivity index (χ2n) is 9.55. The third kappa shape index (κ3) is 3.64. The number of anilines is 2. The summed E-state index contributed by atoms with van der Waals surface area (Å²) in [7, 11) is 3.27. The van der Waals surface area contributed by atoms with Crippen molar-refractivity contribution in [1.82, 2.24) is 9.55 Å². The van der Waals surface area contributed by atoms with Gasteiger partial charge in [0.05, 0.1) is 19.9 Å². The molecule has 0 bridgehead atoms. The Labute approximate surface area is 200 Å². The lowest BCUT2D eigenvalue weighted by atomic mass is 9.85. The van der Waals surface area contributed by atoms with Crippen molar-refractivity contribution in [1.29, 1.82) is 0 Å². The number of aryl methyl sites for hydroxylation is 4. The van der Waals surface area contributed by atoms with Crippen LogP contribution in [0.15, 0.2) is 35.1 Å². The summed E-state index contributed by atoms with van der Waals surface area (Å²) in [5.74, 6) is 2.01. The molecule has 7 nitrogen and oxygen atoms in total. The Morgan fingerprint density at radius 1 is 1.00 bits per heavy atom. The van der Waals surface area contributed by atoms with Crippen LogP contribution in [0.2, 0.25) is 0 Å². The molecule has 1 aliphatic carbocycles. The van der Waals surface area contributed by atoms with Crippen molar-refractivity contribution in [3.63, 3.8) is 0 Å². The maximum atomic E-state index is 13.3. The molecule has 2 heterocycles. The summed E-state index contributed by atoms with van der Waals surface area (Å²) in [6, 6.07) is 10.8. The SMILES string of the molecule is COc1cc2c(cc1OC)-c1cc(N(c3c(C)cc(C)cc3C)C3CC(N)C3)nc(=O)n1CC2. The van der Waals surface area contributed by atoms with E-state index in [2.05, 4.69) is 42.8 Å². The van der Waals surface area contributed by atoms with Gasteiger partial charge < -0.3 is 20.1 Å². The molecular formula is C27H32N4O3. The second kappa shape index (κ2) is 8.47. The Kier molecular flexibility index (Phi) is 5.60. The van der Waals surface area contributed by atoms with E-state index in [0.717, 1.165) is 41.8 Å². The molecule has 1 aromatic heterocycles. The molecule has 0 saturated heterocycles. The highest BCUT2D eigenvalue weighted by atomic mass is 16.5. The third-order valence-corrected chi connectivity index (χ3v) is 7.13. The van der Waals surface area contributed by atoms with Crippen molar-refractivity contribution in [2.45, 2.75) is 58.7 Å². The zero-order valence-corrected chi connectivity index (χ0v) is 20.5. The summed E-state index contributed by atoms with van der Waals surface area (Å²) in [6.07, 6.45) is 2.48. The molecule has 0 amide bonds. The smallest absolute Gasteiger partial charge is 0.350 e. The number of hydrogen-bond acceptors (Lipinski definition) is 6. The number of benzene rings is 2. The Morgan fingerprint density at radius 3 is 2.26 bits per heavy atom. The largest absolute Gasteiger partial charge is 0.493 e. The molecule has 1 fully saturated rings. The number of hydrogen-bond donors (Lipinski definition) is 1. The van der Waals surface area contributed by atoms with Gasteiger partial charge >= 0.3 is 5.69 Å². The van der Waals surface area contributed by atoms with Crippen molar-refractivity contribution in [3.8, 4) is 22.8 Å². The van der Waals surface area contributed by atoms with Gasteiger partial charge in [-0.1, -0.05) is 17.7 Å². The fraction of sp³-hybridized carbons (Fsp3) is 0.407. The van der Waals surface area contributed by atoms with Crippen LogP contribution < -0.4 is 25.8 Å². The molecule has 2 N–H and O–H groups in total. The van der Waals surface area contributed by atoms with Gasteiger partial charge in [-0.05, 0) is 68.9 Å². The molecule has 2 aromatic carbocycles. The number of methoxy groups -OCH3 is 2. The molecule has 7 heteroatoms. The van der Waals surface area contributed by atoms with Gasteiger partial charge in [0.2, 0.25) is 0 Å². The van der Waals surface area contributed by atoms with Crippen LogP contribution in [-0.2, 0) is 13.0 Å². The van der Waals surface area contributed by atoms with Crippen molar-refractivity contribution in [2.24, 2.45) is 5.73 Å². The standard InChI is InChI=1S/C27H32N4O3/c1-15-8-16(2)26(17(3)9-15)31(20-11-19(28)12-20)25-14-22-21-13-24(34-5)23(33-4)10-18(21)6-7-30(22)27(32)29-25/h8-10,13-14,19-20H,6-7,11-12,28H2,1-5H3. The number of fused-ring (bicyclic) bond motifs is 3. The van der Waals surface area contributed by atoms with Crippen molar-refractivity contribution < 1.29 is 9.47 Å². The van der Waals surface area contributed by atoms with Crippen LogP contribution in [0.3, 0.4) is 0 Å². The molecule has 0 unspecified atom stereocenters. The molecule has 178 valence electrons. The van der Waals surface area contributed by atoms with E-state index < -0.39 is 0 Å². The lowest BCUT2D eigenvalue weighted by Gasteiger charge is -2.43. The Hall–Kier alpha value is -3.32. The van der Waals surface area contributed by atoms with Crippen molar-refractivity contribution in [3.05, 3.63) is 63.1 Å². The molecule has 3 aromatic rings. The highest BCUT2D eigenvalue weighted by Crippen LogP contribution is 2.42. The van der Waals surface area contributed by atoms with Crippen molar-refractivity contribution >= 4 is 11.5 Å². The fourth-order valence-corrected chi connectivity index (χ4v) is 5.53. The molecule has 1 saturated carbocycles. The van der Waals surface area contributed by atoms with Crippen LogP contribution >= 0.6 is 0 Å². The van der Waals surface area contributed by atoms with E-state index in [-0.39, 0.29) is 17.8 Å². The first-order valence-corrected chi connectivity index (χ1v) is 11.8. The van der Waals surface area contributed by atoms with Crippen LogP contribution in [0.4, 0.5) is 11.5 Å². The molecule has 1 aliphatic heterocycles. The minimum atomic E-state index is -0.232. The Morgan fingerprint density at radius 2 is 1.65 bits per heavy atom. The maximum absolute atomic E-state index is 13.3. The first kappa shape index (κ1) is 22.5. The Bertz CT molecular complexity index is 1300. The highest BCUT2D eigenvalue weighted by Gasteiger charge is 2.35. The van der Waals surface area contributed by atoms with Crippen LogP contribution in [0, 0.1) is 20.8 Å². The minimum Gasteiger partial charge on any atom is -0.493 e. The van der Waals surface area contributed by atoms with E-state index in [1.165, 1.54) is 16.7 Å². The molecule has 0 radical (unpaired) electrons. The van der Waals surface area contributed by atoms with E-state index in [4.69, 9.17) is 15.2 Å². The summed E-state index contributed by atoms with van der Waals surface area (Å²) >= 11 is 0. The molecular weight excluding hydrogens is 428 g/mol. The first-order valence-electron chi connectivity index (χ1n) is 11.8. The van der Waals surface area contributed by atoms with Gasteiger partial charge in [-0.25, -0.2) is 4.79 Å². The fourth-order valence-electron chi connectivity index (χ4n) is 5.53. The van der Waals surface area contributed by atoms with Gasteiger partial charge in [-0.2, -0.15) is 4.98 Å². The number of nitrogens with two attached hydrogens (primary N) is 1. The number of rotatable bonds is 5. The third-order valence-electron chi connectivity index (χ3n) is 7.13. The predicted molar refractivity (Wildman–Crippen MR) is 135 cm³/mol. The lowest BCUT2D eigenvalue weighted by molar-refractivity contribution is 0.345. The van der Waals surface area contributed by atoms with Gasteiger partial charge in [0.15, 0.2) is 11.5 Å². The van der Waals surface area contributed by atoms with Crippen LogP contribution in [0.1, 0.15) is 35.1 Å². The number of ether oxygens (including phenoxy) is 2. The lowest BCUT2D eigenvalue weighted by Crippen LogP contribution is -2.50. The molecule has 5 rings (SSSR count). The zero-order valence-electron chi connectivity index (χ0n) is 20.5. The minimum absolute atomic E-state index is 0.176. The van der Waals surface area contributed by atoms with E-state index in [1.807, 2.05) is 18.2 Å². The summed E-state index contributed by atoms with van der Waals surface area (Å²) < 4.78 is 12.8. The summed E-state index contributed by atoms with van der Waals surface area (Å²) in [5.41, 5.74) is 13.6.